The van der Waals surface area contributed by atoms with Gasteiger partial charge in [0, 0.05) is 24.1 Å². The van der Waals surface area contributed by atoms with Gasteiger partial charge in [-0.1, -0.05) is 11.3 Å². The van der Waals surface area contributed by atoms with Crippen LogP contribution in [-0.2, 0) is 6.42 Å². The summed E-state index contributed by atoms with van der Waals surface area (Å²) in [6.45, 7) is 0.951. The number of nitro benzene ring substituents is 1. The zero-order chi connectivity index (χ0) is 13.7. The lowest BCUT2D eigenvalue weighted by molar-refractivity contribution is -0.384. The highest BCUT2D eigenvalue weighted by Crippen LogP contribution is 2.25. The molecule has 6 nitrogen and oxygen atoms in total. The smallest absolute Gasteiger partial charge is 0.269 e. The third kappa shape index (κ3) is 3.55. The molecule has 7 heteroatoms. The molecule has 1 aromatic heterocycles. The molecule has 0 saturated heterocycles. The van der Waals surface area contributed by atoms with Gasteiger partial charge in [-0.3, -0.25) is 10.1 Å². The average molecular weight is 278 g/mol. The largest absolute Gasteiger partial charge is 0.320 e. The van der Waals surface area contributed by atoms with E-state index in [0.29, 0.717) is 0 Å². The first-order chi connectivity index (χ1) is 9.20. The van der Waals surface area contributed by atoms with Crippen molar-refractivity contribution < 1.29 is 4.92 Å². The summed E-state index contributed by atoms with van der Waals surface area (Å²) >= 11 is 1.53. The van der Waals surface area contributed by atoms with Crippen molar-refractivity contribution in [3.8, 4) is 10.6 Å². The van der Waals surface area contributed by atoms with E-state index in [1.165, 1.54) is 23.5 Å². The Labute approximate surface area is 114 Å². The Kier molecular flexibility index (Phi) is 4.53. The van der Waals surface area contributed by atoms with Crippen molar-refractivity contribution >= 4 is 17.0 Å². The van der Waals surface area contributed by atoms with Gasteiger partial charge in [0.1, 0.15) is 10.0 Å². The molecule has 0 unspecified atom stereocenters. The quantitative estimate of drug-likeness (QED) is 0.498. The number of nitrogens with one attached hydrogen (secondary N) is 1. The molecular weight excluding hydrogens is 264 g/mol. The summed E-state index contributed by atoms with van der Waals surface area (Å²) in [5, 5.41) is 23.7. The molecule has 0 radical (unpaired) electrons. The molecule has 0 amide bonds. The minimum Gasteiger partial charge on any atom is -0.320 e. The van der Waals surface area contributed by atoms with Gasteiger partial charge in [-0.25, -0.2) is 0 Å². The summed E-state index contributed by atoms with van der Waals surface area (Å²) < 4.78 is 0. The van der Waals surface area contributed by atoms with Crippen molar-refractivity contribution in [2.75, 3.05) is 13.6 Å². The summed E-state index contributed by atoms with van der Waals surface area (Å²) in [7, 11) is 1.92. The maximum absolute atomic E-state index is 10.6. The Bertz CT molecular complexity index is 553. The van der Waals surface area contributed by atoms with E-state index in [-0.39, 0.29) is 5.69 Å². The summed E-state index contributed by atoms with van der Waals surface area (Å²) in [5.74, 6) is 0. The monoisotopic (exact) mass is 278 g/mol. The molecule has 1 aromatic carbocycles. The maximum atomic E-state index is 10.6. The van der Waals surface area contributed by atoms with Crippen LogP contribution in [0.4, 0.5) is 5.69 Å². The van der Waals surface area contributed by atoms with Gasteiger partial charge >= 0.3 is 0 Å². The van der Waals surface area contributed by atoms with Crippen LogP contribution in [0.5, 0.6) is 0 Å². The van der Waals surface area contributed by atoms with Gasteiger partial charge in [0.15, 0.2) is 0 Å². The second-order valence-electron chi connectivity index (χ2n) is 4.01. The fraction of sp³-hybridized carbons (Fsp3) is 0.333. The Morgan fingerprint density at radius 3 is 2.68 bits per heavy atom. The van der Waals surface area contributed by atoms with Gasteiger partial charge in [0.25, 0.3) is 5.69 Å². The van der Waals surface area contributed by atoms with Crippen LogP contribution in [0.15, 0.2) is 24.3 Å². The molecule has 1 N–H and O–H groups in total. The molecule has 2 aromatic rings. The fourth-order valence-electron chi connectivity index (χ4n) is 1.61. The van der Waals surface area contributed by atoms with Crippen molar-refractivity contribution in [2.24, 2.45) is 0 Å². The van der Waals surface area contributed by atoms with Crippen LogP contribution in [0.2, 0.25) is 0 Å². The normalized spacial score (nSPS) is 10.6. The highest BCUT2D eigenvalue weighted by molar-refractivity contribution is 7.14. The number of aryl methyl sites for hydroxylation is 1. The van der Waals surface area contributed by atoms with Crippen LogP contribution in [0.3, 0.4) is 0 Å². The number of hydrogen-bond donors (Lipinski definition) is 1. The highest BCUT2D eigenvalue weighted by atomic mass is 32.1. The van der Waals surface area contributed by atoms with E-state index in [4.69, 9.17) is 0 Å². The number of benzene rings is 1. The second-order valence-corrected chi connectivity index (χ2v) is 5.07. The summed E-state index contributed by atoms with van der Waals surface area (Å²) in [4.78, 5) is 10.2. The predicted octanol–water partition coefficient (Wildman–Crippen LogP) is 2.27. The molecule has 0 fully saturated rings. The van der Waals surface area contributed by atoms with E-state index in [9.17, 15) is 10.1 Å². The molecule has 0 atom stereocenters. The first-order valence-corrected chi connectivity index (χ1v) is 6.74. The SMILES string of the molecule is CNCCCc1nnc(-c2ccc([N+](=O)[O-])cc2)s1. The minimum absolute atomic E-state index is 0.0857. The van der Waals surface area contributed by atoms with Crippen molar-refractivity contribution in [3.63, 3.8) is 0 Å². The van der Waals surface area contributed by atoms with Gasteiger partial charge in [0.2, 0.25) is 0 Å². The Morgan fingerprint density at radius 2 is 2.05 bits per heavy atom. The highest BCUT2D eigenvalue weighted by Gasteiger charge is 2.09. The zero-order valence-corrected chi connectivity index (χ0v) is 11.3. The van der Waals surface area contributed by atoms with Crippen LogP contribution >= 0.6 is 11.3 Å². The van der Waals surface area contributed by atoms with Crippen LogP contribution < -0.4 is 5.32 Å². The van der Waals surface area contributed by atoms with Crippen molar-refractivity contribution in [2.45, 2.75) is 12.8 Å². The van der Waals surface area contributed by atoms with E-state index < -0.39 is 4.92 Å². The first-order valence-electron chi connectivity index (χ1n) is 5.92. The molecular formula is C12H14N4O2S. The molecule has 0 spiro atoms. The maximum Gasteiger partial charge on any atom is 0.269 e. The number of nitro groups is 1. The Morgan fingerprint density at radius 1 is 1.32 bits per heavy atom. The fourth-order valence-corrected chi connectivity index (χ4v) is 2.50. The molecule has 1 heterocycles. The lowest BCUT2D eigenvalue weighted by Crippen LogP contribution is -2.08. The van der Waals surface area contributed by atoms with Gasteiger partial charge in [-0.05, 0) is 32.1 Å². The molecule has 0 aliphatic rings. The third-order valence-corrected chi connectivity index (χ3v) is 3.64. The predicted molar refractivity (Wildman–Crippen MR) is 74.2 cm³/mol. The Hall–Kier alpha value is -1.86. The number of hydrogen-bond acceptors (Lipinski definition) is 6. The molecule has 0 saturated carbocycles. The average Bonchev–Trinajstić information content (AvgIpc) is 2.88. The summed E-state index contributed by atoms with van der Waals surface area (Å²) in [6, 6.07) is 6.38. The number of nitrogens with zero attached hydrogens (tertiary/aromatic N) is 3. The Balaban J connectivity index is 2.07. The summed E-state index contributed by atoms with van der Waals surface area (Å²) in [5.41, 5.74) is 0.950. The van der Waals surface area contributed by atoms with E-state index >= 15 is 0 Å². The lowest BCUT2D eigenvalue weighted by Gasteiger charge is -1.95. The topological polar surface area (TPSA) is 81.0 Å². The van der Waals surface area contributed by atoms with Crippen LogP contribution in [0.25, 0.3) is 10.6 Å². The number of aromatic nitrogens is 2. The van der Waals surface area contributed by atoms with E-state index in [1.54, 1.807) is 12.1 Å². The molecule has 0 aliphatic heterocycles. The second kappa shape index (κ2) is 6.35. The van der Waals surface area contributed by atoms with E-state index in [0.717, 1.165) is 35.0 Å². The molecule has 100 valence electrons. The molecule has 0 bridgehead atoms. The number of non-ortho nitro benzene ring substituents is 1. The third-order valence-electron chi connectivity index (χ3n) is 2.61. The van der Waals surface area contributed by atoms with E-state index in [1.807, 2.05) is 7.05 Å². The summed E-state index contributed by atoms with van der Waals surface area (Å²) in [6.07, 6.45) is 1.91. The van der Waals surface area contributed by atoms with Gasteiger partial charge in [-0.15, -0.1) is 10.2 Å². The lowest BCUT2D eigenvalue weighted by atomic mass is 10.2. The standard InChI is InChI=1S/C12H14N4O2S/c1-13-8-2-3-11-14-15-12(19-11)9-4-6-10(7-5-9)16(17)18/h4-7,13H,2-3,8H2,1H3. The molecule has 2 rings (SSSR count). The van der Waals surface area contributed by atoms with Crippen LogP contribution in [0, 0.1) is 10.1 Å². The molecule has 0 aliphatic carbocycles. The van der Waals surface area contributed by atoms with Gasteiger partial charge in [-0.2, -0.15) is 0 Å². The number of rotatable bonds is 6. The molecule has 19 heavy (non-hydrogen) atoms. The van der Waals surface area contributed by atoms with Gasteiger partial charge in [0.05, 0.1) is 4.92 Å². The van der Waals surface area contributed by atoms with E-state index in [2.05, 4.69) is 15.5 Å². The van der Waals surface area contributed by atoms with Crippen LogP contribution in [0.1, 0.15) is 11.4 Å². The van der Waals surface area contributed by atoms with Crippen molar-refractivity contribution in [1.29, 1.82) is 0 Å². The van der Waals surface area contributed by atoms with Crippen molar-refractivity contribution in [1.82, 2.24) is 15.5 Å². The first kappa shape index (κ1) is 13.6. The minimum atomic E-state index is -0.410. The van der Waals surface area contributed by atoms with Crippen LogP contribution in [-0.4, -0.2) is 28.7 Å². The zero-order valence-electron chi connectivity index (χ0n) is 10.5. The van der Waals surface area contributed by atoms with Gasteiger partial charge < -0.3 is 5.32 Å². The van der Waals surface area contributed by atoms with Crippen molar-refractivity contribution in [3.05, 3.63) is 39.4 Å².